The summed E-state index contributed by atoms with van der Waals surface area (Å²) >= 11 is 0. The molecule has 3 heteroatoms. The highest BCUT2D eigenvalue weighted by Gasteiger charge is 2.14. The summed E-state index contributed by atoms with van der Waals surface area (Å²) in [7, 11) is 1.59. The second-order valence-electron chi connectivity index (χ2n) is 4.58. The first-order valence-electron chi connectivity index (χ1n) is 6.74. The van der Waals surface area contributed by atoms with Crippen molar-refractivity contribution in [3.8, 4) is 5.75 Å². The van der Waals surface area contributed by atoms with Crippen molar-refractivity contribution in [3.05, 3.63) is 65.7 Å². The highest BCUT2D eigenvalue weighted by atomic mass is 16.5. The van der Waals surface area contributed by atoms with Gasteiger partial charge in [0.15, 0.2) is 0 Å². The van der Waals surface area contributed by atoms with Gasteiger partial charge in [-0.15, -0.1) is 0 Å². The Morgan fingerprint density at radius 2 is 1.90 bits per heavy atom. The van der Waals surface area contributed by atoms with E-state index in [1.54, 1.807) is 19.2 Å². The highest BCUT2D eigenvalue weighted by molar-refractivity contribution is 5.94. The van der Waals surface area contributed by atoms with Crippen molar-refractivity contribution < 1.29 is 9.53 Å². The van der Waals surface area contributed by atoms with E-state index in [9.17, 15) is 4.79 Å². The summed E-state index contributed by atoms with van der Waals surface area (Å²) in [5, 5.41) is 3.06. The number of methoxy groups -OCH3 is 1. The lowest BCUT2D eigenvalue weighted by atomic mass is 10.0. The summed E-state index contributed by atoms with van der Waals surface area (Å²) in [5.74, 6) is 0.602. The number of hydrogen-bond acceptors (Lipinski definition) is 2. The zero-order chi connectivity index (χ0) is 14.4. The molecule has 104 valence electrons. The van der Waals surface area contributed by atoms with Gasteiger partial charge in [-0.2, -0.15) is 0 Å². The van der Waals surface area contributed by atoms with E-state index in [0.717, 1.165) is 12.0 Å². The number of ether oxygens (including phenoxy) is 1. The van der Waals surface area contributed by atoms with Crippen LogP contribution >= 0.6 is 0 Å². The molecule has 2 aromatic rings. The summed E-state index contributed by atoms with van der Waals surface area (Å²) in [4.78, 5) is 12.3. The van der Waals surface area contributed by atoms with Crippen LogP contribution in [0, 0.1) is 0 Å². The lowest BCUT2D eigenvalue weighted by Gasteiger charge is -2.17. The van der Waals surface area contributed by atoms with Crippen molar-refractivity contribution in [1.29, 1.82) is 0 Å². The monoisotopic (exact) mass is 269 g/mol. The first-order chi connectivity index (χ1) is 9.74. The number of carbonyl (C=O) groups is 1. The number of amides is 1. The minimum Gasteiger partial charge on any atom is -0.497 e. The molecule has 0 saturated heterocycles. The molecule has 0 fully saturated rings. The minimum absolute atomic E-state index is 0.0231. The maximum Gasteiger partial charge on any atom is 0.251 e. The maximum absolute atomic E-state index is 12.3. The second-order valence-corrected chi connectivity index (χ2v) is 4.58. The van der Waals surface area contributed by atoms with Crippen molar-refractivity contribution in [2.75, 3.05) is 7.11 Å². The Balaban J connectivity index is 2.13. The summed E-state index contributed by atoms with van der Waals surface area (Å²) in [6.07, 6.45) is 0.847. The van der Waals surface area contributed by atoms with E-state index >= 15 is 0 Å². The number of hydrogen-bond donors (Lipinski definition) is 1. The normalized spacial score (nSPS) is 11.7. The molecule has 0 heterocycles. The first kappa shape index (κ1) is 14.1. The molecule has 0 aliphatic heterocycles. The van der Waals surface area contributed by atoms with E-state index in [2.05, 4.69) is 12.2 Å². The van der Waals surface area contributed by atoms with Gasteiger partial charge in [0.1, 0.15) is 5.75 Å². The Bertz CT molecular complexity index is 566. The van der Waals surface area contributed by atoms with Gasteiger partial charge in [0.25, 0.3) is 5.91 Å². The highest BCUT2D eigenvalue weighted by Crippen LogP contribution is 2.18. The second kappa shape index (κ2) is 6.75. The van der Waals surface area contributed by atoms with E-state index in [1.807, 2.05) is 42.5 Å². The zero-order valence-corrected chi connectivity index (χ0v) is 11.8. The van der Waals surface area contributed by atoms with Crippen LogP contribution in [0.1, 0.15) is 35.3 Å². The number of nitrogens with one attached hydrogen (secondary N) is 1. The van der Waals surface area contributed by atoms with Crippen molar-refractivity contribution in [2.24, 2.45) is 0 Å². The summed E-state index contributed by atoms with van der Waals surface area (Å²) in [6, 6.07) is 17.2. The average Bonchev–Trinajstić information content (AvgIpc) is 2.53. The van der Waals surface area contributed by atoms with Gasteiger partial charge < -0.3 is 10.1 Å². The molecule has 20 heavy (non-hydrogen) atoms. The van der Waals surface area contributed by atoms with Crippen LogP contribution in [-0.4, -0.2) is 13.0 Å². The predicted molar refractivity (Wildman–Crippen MR) is 79.9 cm³/mol. The molecule has 2 rings (SSSR count). The topological polar surface area (TPSA) is 38.3 Å². The van der Waals surface area contributed by atoms with Crippen LogP contribution in [0.3, 0.4) is 0 Å². The SMILES string of the molecule is CCC(NC(=O)c1cccc(OC)c1)c1ccccc1. The molecule has 0 aliphatic rings. The third kappa shape index (κ3) is 3.38. The van der Waals surface area contributed by atoms with Crippen molar-refractivity contribution in [2.45, 2.75) is 19.4 Å². The average molecular weight is 269 g/mol. The number of carbonyl (C=O) groups excluding carboxylic acids is 1. The third-order valence-electron chi connectivity index (χ3n) is 3.25. The Kier molecular flexibility index (Phi) is 4.77. The van der Waals surface area contributed by atoms with Crippen LogP contribution in [0.5, 0.6) is 5.75 Å². The van der Waals surface area contributed by atoms with Gasteiger partial charge in [0.2, 0.25) is 0 Å². The molecular formula is C17H19NO2. The van der Waals surface area contributed by atoms with Crippen LogP contribution in [0.25, 0.3) is 0 Å². The quantitative estimate of drug-likeness (QED) is 0.901. The van der Waals surface area contributed by atoms with Gasteiger partial charge in [-0.25, -0.2) is 0 Å². The van der Waals surface area contributed by atoms with Crippen LogP contribution in [0.2, 0.25) is 0 Å². The molecule has 3 nitrogen and oxygen atoms in total. The lowest BCUT2D eigenvalue weighted by Crippen LogP contribution is -2.28. The van der Waals surface area contributed by atoms with Crippen LogP contribution in [0.15, 0.2) is 54.6 Å². The standard InChI is InChI=1S/C17H19NO2/c1-3-16(13-8-5-4-6-9-13)18-17(19)14-10-7-11-15(12-14)20-2/h4-12,16H,3H2,1-2H3,(H,18,19). The van der Waals surface area contributed by atoms with Crippen molar-refractivity contribution in [3.63, 3.8) is 0 Å². The van der Waals surface area contributed by atoms with Crippen LogP contribution in [-0.2, 0) is 0 Å². The lowest BCUT2D eigenvalue weighted by molar-refractivity contribution is 0.0935. The first-order valence-corrected chi connectivity index (χ1v) is 6.74. The molecular weight excluding hydrogens is 250 g/mol. The minimum atomic E-state index is -0.0837. The Labute approximate surface area is 119 Å². The van der Waals surface area contributed by atoms with Gasteiger partial charge in [-0.3, -0.25) is 4.79 Å². The third-order valence-corrected chi connectivity index (χ3v) is 3.25. The van der Waals surface area contributed by atoms with Gasteiger partial charge in [0, 0.05) is 5.56 Å². The summed E-state index contributed by atoms with van der Waals surface area (Å²) in [6.45, 7) is 2.06. The molecule has 1 N–H and O–H groups in total. The van der Waals surface area contributed by atoms with E-state index in [4.69, 9.17) is 4.74 Å². The fourth-order valence-electron chi connectivity index (χ4n) is 2.11. The van der Waals surface area contributed by atoms with Gasteiger partial charge in [-0.1, -0.05) is 43.3 Å². The molecule has 0 radical (unpaired) electrons. The molecule has 0 saturated carbocycles. The largest absolute Gasteiger partial charge is 0.497 e. The number of rotatable bonds is 5. The molecule has 1 atom stereocenters. The zero-order valence-electron chi connectivity index (χ0n) is 11.8. The maximum atomic E-state index is 12.3. The molecule has 0 bridgehead atoms. The summed E-state index contributed by atoms with van der Waals surface area (Å²) < 4.78 is 5.14. The van der Waals surface area contributed by atoms with E-state index < -0.39 is 0 Å². The number of benzene rings is 2. The van der Waals surface area contributed by atoms with Gasteiger partial charge in [0.05, 0.1) is 13.2 Å². The van der Waals surface area contributed by atoms with Gasteiger partial charge >= 0.3 is 0 Å². The molecule has 1 unspecified atom stereocenters. The molecule has 0 aliphatic carbocycles. The van der Waals surface area contributed by atoms with E-state index in [0.29, 0.717) is 11.3 Å². The Morgan fingerprint density at radius 1 is 1.15 bits per heavy atom. The van der Waals surface area contributed by atoms with Crippen molar-refractivity contribution >= 4 is 5.91 Å². The molecule has 0 spiro atoms. The van der Waals surface area contributed by atoms with Crippen LogP contribution < -0.4 is 10.1 Å². The van der Waals surface area contributed by atoms with Crippen molar-refractivity contribution in [1.82, 2.24) is 5.32 Å². The molecule has 2 aromatic carbocycles. The predicted octanol–water partition coefficient (Wildman–Crippen LogP) is 3.58. The summed E-state index contributed by atoms with van der Waals surface area (Å²) in [5.41, 5.74) is 1.73. The van der Waals surface area contributed by atoms with Crippen LogP contribution in [0.4, 0.5) is 0 Å². The van der Waals surface area contributed by atoms with E-state index in [-0.39, 0.29) is 11.9 Å². The Hall–Kier alpha value is -2.29. The molecule has 1 amide bonds. The molecule has 0 aromatic heterocycles. The smallest absolute Gasteiger partial charge is 0.251 e. The van der Waals surface area contributed by atoms with Gasteiger partial charge in [-0.05, 0) is 30.2 Å². The van der Waals surface area contributed by atoms with E-state index in [1.165, 1.54) is 0 Å². The Morgan fingerprint density at radius 3 is 2.55 bits per heavy atom. The fourth-order valence-corrected chi connectivity index (χ4v) is 2.11. The fraction of sp³-hybridized carbons (Fsp3) is 0.235.